The van der Waals surface area contributed by atoms with Gasteiger partial charge in [-0.3, -0.25) is 0 Å². The average Bonchev–Trinajstić information content (AvgIpc) is 3.04. The molecule has 2 heterocycles. The van der Waals surface area contributed by atoms with Crippen molar-refractivity contribution < 1.29 is 4.79 Å². The number of pyridine rings is 1. The summed E-state index contributed by atoms with van der Waals surface area (Å²) in [6, 6.07) is 13.0. The third-order valence-corrected chi connectivity index (χ3v) is 4.82. The quantitative estimate of drug-likeness (QED) is 0.664. The topological polar surface area (TPSA) is 71.8 Å². The first kappa shape index (κ1) is 18.0. The van der Waals surface area contributed by atoms with Crippen molar-refractivity contribution >= 4 is 23.5 Å². The molecule has 134 valence electrons. The maximum atomic E-state index is 12.3. The fourth-order valence-electron chi connectivity index (χ4n) is 2.67. The Morgan fingerprint density at radius 1 is 1.19 bits per heavy atom. The molecule has 3 aromatic rings. The molecule has 0 spiro atoms. The number of carbonyl (C=O) groups excluding carboxylic acids is 1. The van der Waals surface area contributed by atoms with Gasteiger partial charge in [0.2, 0.25) is 0 Å². The third kappa shape index (κ3) is 4.05. The number of anilines is 1. The van der Waals surface area contributed by atoms with Gasteiger partial charge in [0.1, 0.15) is 0 Å². The molecule has 1 aromatic carbocycles. The molecule has 0 saturated carbocycles. The second-order valence-electron chi connectivity index (χ2n) is 5.83. The van der Waals surface area contributed by atoms with E-state index in [1.54, 1.807) is 28.8 Å². The zero-order valence-electron chi connectivity index (χ0n) is 14.9. The summed E-state index contributed by atoms with van der Waals surface area (Å²) in [4.78, 5) is 17.7. The Bertz CT molecular complexity index is 877. The van der Waals surface area contributed by atoms with Crippen LogP contribution in [0.4, 0.5) is 10.5 Å². The van der Waals surface area contributed by atoms with Gasteiger partial charge >= 0.3 is 6.03 Å². The summed E-state index contributed by atoms with van der Waals surface area (Å²) in [5.41, 5.74) is 2.65. The van der Waals surface area contributed by atoms with Gasteiger partial charge in [-0.1, -0.05) is 6.07 Å². The molecule has 0 fully saturated rings. The van der Waals surface area contributed by atoms with Crippen LogP contribution in [0.5, 0.6) is 0 Å². The van der Waals surface area contributed by atoms with E-state index in [1.165, 1.54) is 0 Å². The highest BCUT2D eigenvalue weighted by molar-refractivity contribution is 7.98. The standard InChI is InChI=1S/C19H21N5OS/c1-13(22-19(25)23-15-7-9-16(26-3)10-8-15)17-12-21-24(14(17)2)18-6-4-5-11-20-18/h4-13H,1-3H3,(H2,22,23,25). The highest BCUT2D eigenvalue weighted by Crippen LogP contribution is 2.20. The first-order chi connectivity index (χ1) is 12.6. The number of benzene rings is 1. The van der Waals surface area contributed by atoms with Gasteiger partial charge in [0.15, 0.2) is 5.82 Å². The first-order valence-electron chi connectivity index (χ1n) is 8.26. The number of nitrogens with one attached hydrogen (secondary N) is 2. The minimum atomic E-state index is -0.251. The van der Waals surface area contributed by atoms with Crippen molar-refractivity contribution in [2.75, 3.05) is 11.6 Å². The molecule has 6 nitrogen and oxygen atoms in total. The van der Waals surface area contributed by atoms with Crippen molar-refractivity contribution in [1.82, 2.24) is 20.1 Å². The van der Waals surface area contributed by atoms with Crippen molar-refractivity contribution in [3.63, 3.8) is 0 Å². The second kappa shape index (κ2) is 8.05. The van der Waals surface area contributed by atoms with Crippen LogP contribution in [0.15, 0.2) is 59.8 Å². The number of aromatic nitrogens is 3. The van der Waals surface area contributed by atoms with Crippen LogP contribution in [0, 0.1) is 6.92 Å². The van der Waals surface area contributed by atoms with Crippen LogP contribution in [0.1, 0.15) is 24.2 Å². The van der Waals surface area contributed by atoms with Crippen molar-refractivity contribution in [3.8, 4) is 5.82 Å². The summed E-state index contributed by atoms with van der Waals surface area (Å²) in [5.74, 6) is 0.752. The Morgan fingerprint density at radius 2 is 1.96 bits per heavy atom. The van der Waals surface area contributed by atoms with Gasteiger partial charge in [-0.25, -0.2) is 14.5 Å². The van der Waals surface area contributed by atoms with E-state index < -0.39 is 0 Å². The number of carbonyl (C=O) groups is 1. The monoisotopic (exact) mass is 367 g/mol. The largest absolute Gasteiger partial charge is 0.331 e. The summed E-state index contributed by atoms with van der Waals surface area (Å²) in [5, 5.41) is 10.2. The zero-order chi connectivity index (χ0) is 18.5. The molecule has 0 aliphatic carbocycles. The van der Waals surface area contributed by atoms with Gasteiger partial charge in [0, 0.05) is 28.0 Å². The second-order valence-corrected chi connectivity index (χ2v) is 6.71. The van der Waals surface area contributed by atoms with E-state index in [0.717, 1.165) is 27.7 Å². The van der Waals surface area contributed by atoms with Crippen LogP contribution in [-0.2, 0) is 0 Å². The minimum absolute atomic E-state index is 0.182. The molecule has 2 aromatic heterocycles. The smallest absolute Gasteiger partial charge is 0.319 e. The molecule has 2 amide bonds. The lowest BCUT2D eigenvalue weighted by atomic mass is 10.1. The average molecular weight is 367 g/mol. The summed E-state index contributed by atoms with van der Waals surface area (Å²) < 4.78 is 1.77. The highest BCUT2D eigenvalue weighted by Gasteiger charge is 2.16. The van der Waals surface area contributed by atoms with Crippen LogP contribution >= 0.6 is 11.8 Å². The molecule has 0 aliphatic heterocycles. The van der Waals surface area contributed by atoms with Gasteiger partial charge in [0.05, 0.1) is 12.2 Å². The molecular weight excluding hydrogens is 346 g/mol. The molecule has 0 saturated heterocycles. The lowest BCUT2D eigenvalue weighted by molar-refractivity contribution is 0.249. The number of rotatable bonds is 5. The van der Waals surface area contributed by atoms with E-state index in [4.69, 9.17) is 0 Å². The molecule has 1 unspecified atom stereocenters. The molecule has 0 aliphatic rings. The summed E-state index contributed by atoms with van der Waals surface area (Å²) in [6.07, 6.45) is 5.51. The Hall–Kier alpha value is -2.80. The number of hydrogen-bond donors (Lipinski definition) is 2. The Labute approximate surface area is 157 Å². The molecule has 2 N–H and O–H groups in total. The predicted molar refractivity (Wildman–Crippen MR) is 105 cm³/mol. The van der Waals surface area contributed by atoms with Crippen LogP contribution in [0.2, 0.25) is 0 Å². The molecule has 7 heteroatoms. The summed E-state index contributed by atoms with van der Waals surface area (Å²) in [6.45, 7) is 3.90. The lowest BCUT2D eigenvalue weighted by Crippen LogP contribution is -2.31. The Morgan fingerprint density at radius 3 is 2.62 bits per heavy atom. The van der Waals surface area contributed by atoms with Crippen LogP contribution < -0.4 is 10.6 Å². The van der Waals surface area contributed by atoms with E-state index in [9.17, 15) is 4.79 Å². The van der Waals surface area contributed by atoms with Crippen LogP contribution in [0.25, 0.3) is 5.82 Å². The van der Waals surface area contributed by atoms with Gasteiger partial charge in [0.25, 0.3) is 0 Å². The van der Waals surface area contributed by atoms with E-state index in [0.29, 0.717) is 0 Å². The maximum Gasteiger partial charge on any atom is 0.319 e. The van der Waals surface area contributed by atoms with E-state index in [-0.39, 0.29) is 12.1 Å². The lowest BCUT2D eigenvalue weighted by Gasteiger charge is -2.15. The van der Waals surface area contributed by atoms with Gasteiger partial charge < -0.3 is 10.6 Å². The predicted octanol–water partition coefficient (Wildman–Crippen LogP) is 4.18. The molecule has 3 rings (SSSR count). The van der Waals surface area contributed by atoms with E-state index in [2.05, 4.69) is 20.7 Å². The molecule has 1 atom stereocenters. The SMILES string of the molecule is CSc1ccc(NC(=O)NC(C)c2cnn(-c3ccccn3)c2C)cc1. The highest BCUT2D eigenvalue weighted by atomic mass is 32.2. The number of amides is 2. The normalized spacial score (nSPS) is 11.8. The summed E-state index contributed by atoms with van der Waals surface area (Å²) >= 11 is 1.66. The number of hydrogen-bond acceptors (Lipinski definition) is 4. The molecular formula is C19H21N5OS. The fourth-order valence-corrected chi connectivity index (χ4v) is 3.08. The van der Waals surface area contributed by atoms with Crippen molar-refractivity contribution in [1.29, 1.82) is 0 Å². The van der Waals surface area contributed by atoms with Crippen molar-refractivity contribution in [2.45, 2.75) is 24.8 Å². The van der Waals surface area contributed by atoms with Gasteiger partial charge in [-0.2, -0.15) is 5.10 Å². The summed E-state index contributed by atoms with van der Waals surface area (Å²) in [7, 11) is 0. The number of thioether (sulfide) groups is 1. The minimum Gasteiger partial charge on any atom is -0.331 e. The Balaban J connectivity index is 1.67. The Kier molecular flexibility index (Phi) is 5.58. The van der Waals surface area contributed by atoms with Crippen molar-refractivity contribution in [3.05, 3.63) is 66.1 Å². The zero-order valence-corrected chi connectivity index (χ0v) is 15.7. The molecule has 0 radical (unpaired) electrons. The van der Waals surface area contributed by atoms with E-state index in [1.807, 2.05) is 62.6 Å². The molecule has 26 heavy (non-hydrogen) atoms. The number of nitrogens with zero attached hydrogens (tertiary/aromatic N) is 3. The fraction of sp³-hybridized carbons (Fsp3) is 0.211. The van der Waals surface area contributed by atoms with Gasteiger partial charge in [-0.05, 0) is 56.5 Å². The van der Waals surface area contributed by atoms with Gasteiger partial charge in [-0.15, -0.1) is 11.8 Å². The third-order valence-electron chi connectivity index (χ3n) is 4.08. The van der Waals surface area contributed by atoms with Crippen LogP contribution in [-0.4, -0.2) is 27.1 Å². The number of urea groups is 1. The van der Waals surface area contributed by atoms with E-state index >= 15 is 0 Å². The molecule has 0 bridgehead atoms. The van der Waals surface area contributed by atoms with Crippen molar-refractivity contribution in [2.24, 2.45) is 0 Å². The first-order valence-corrected chi connectivity index (χ1v) is 9.48. The maximum absolute atomic E-state index is 12.3. The van der Waals surface area contributed by atoms with Crippen LogP contribution in [0.3, 0.4) is 0 Å².